The van der Waals surface area contributed by atoms with Crippen molar-refractivity contribution >= 4 is 23.3 Å². The maximum atomic E-state index is 13.6. The fraction of sp³-hybridized carbons (Fsp3) is 0.500. The van der Waals surface area contributed by atoms with E-state index in [2.05, 4.69) is 22.4 Å². The van der Waals surface area contributed by atoms with E-state index in [1.165, 1.54) is 23.8 Å². The molecule has 2 aromatic rings. The molecule has 1 heterocycles. The fourth-order valence-corrected chi connectivity index (χ4v) is 6.43. The first-order valence-corrected chi connectivity index (χ1v) is 13.2. The van der Waals surface area contributed by atoms with Crippen LogP contribution in [-0.2, 0) is 5.41 Å². The first-order valence-electron chi connectivity index (χ1n) is 12.8. The Morgan fingerprint density at radius 1 is 1.31 bits per heavy atom. The zero-order chi connectivity index (χ0) is 25.3. The minimum Gasteiger partial charge on any atom is -0.392 e. The molecule has 1 saturated heterocycles. The van der Waals surface area contributed by atoms with Crippen LogP contribution < -0.4 is 5.32 Å². The van der Waals surface area contributed by atoms with Gasteiger partial charge >= 0.3 is 6.03 Å². The van der Waals surface area contributed by atoms with Crippen molar-refractivity contribution in [2.75, 3.05) is 31.5 Å². The van der Waals surface area contributed by atoms with Crippen LogP contribution in [0.2, 0.25) is 5.02 Å². The lowest BCUT2D eigenvalue weighted by molar-refractivity contribution is 0.151. The molecule has 0 radical (unpaired) electrons. The number of urea groups is 1. The van der Waals surface area contributed by atoms with Crippen LogP contribution in [-0.4, -0.2) is 59.3 Å². The molecule has 2 saturated carbocycles. The quantitative estimate of drug-likeness (QED) is 0.539. The number of β-amino-alcohol motifs (C(OH)–C–C–N with tert-alkyl or cyclic N) is 1. The van der Waals surface area contributed by atoms with E-state index in [4.69, 9.17) is 11.6 Å². The fourth-order valence-electron chi connectivity index (χ4n) is 6.24. The number of aliphatic hydroxyl groups excluding tert-OH is 1. The maximum absolute atomic E-state index is 13.6. The van der Waals surface area contributed by atoms with Gasteiger partial charge in [0.05, 0.1) is 22.8 Å². The normalized spacial score (nSPS) is 27.2. The van der Waals surface area contributed by atoms with Crippen molar-refractivity contribution in [1.82, 2.24) is 9.80 Å². The zero-order valence-electron chi connectivity index (χ0n) is 20.3. The summed E-state index contributed by atoms with van der Waals surface area (Å²) in [6, 6.07) is 14.4. The Kier molecular flexibility index (Phi) is 7.21. The number of aliphatic hydroxyl groups is 1. The van der Waals surface area contributed by atoms with E-state index in [1.54, 1.807) is 0 Å². The van der Waals surface area contributed by atoms with Gasteiger partial charge in [0.2, 0.25) is 0 Å². The molecule has 3 fully saturated rings. The SMILES string of the molecule is N#Cc1cccc([C@]23CCC(N(CCCN4CC[C@H](O)C4)C(=O)Nc4ccc(F)c(Cl)c4)C[C@@H]2C3)c1. The molecule has 2 N–H and O–H groups in total. The van der Waals surface area contributed by atoms with Crippen LogP contribution in [0.1, 0.15) is 49.7 Å². The number of amides is 2. The molecule has 190 valence electrons. The lowest BCUT2D eigenvalue weighted by Gasteiger charge is -2.37. The van der Waals surface area contributed by atoms with Crippen molar-refractivity contribution < 1.29 is 14.3 Å². The van der Waals surface area contributed by atoms with Crippen LogP contribution >= 0.6 is 11.6 Å². The molecule has 3 aliphatic rings. The van der Waals surface area contributed by atoms with Gasteiger partial charge < -0.3 is 20.2 Å². The number of rotatable bonds is 7. The Labute approximate surface area is 216 Å². The summed E-state index contributed by atoms with van der Waals surface area (Å²) in [6.07, 6.45) is 5.27. The van der Waals surface area contributed by atoms with Crippen LogP contribution in [0.25, 0.3) is 0 Å². The maximum Gasteiger partial charge on any atom is 0.322 e. The molecule has 8 heteroatoms. The lowest BCUT2D eigenvalue weighted by atomic mass is 9.80. The van der Waals surface area contributed by atoms with Crippen molar-refractivity contribution in [2.45, 2.75) is 56.1 Å². The second-order valence-corrected chi connectivity index (χ2v) is 10.9. The molecular formula is C28H32ClFN4O2. The van der Waals surface area contributed by atoms with Gasteiger partial charge in [-0.2, -0.15) is 5.26 Å². The van der Waals surface area contributed by atoms with E-state index >= 15 is 0 Å². The molecule has 6 nitrogen and oxygen atoms in total. The highest BCUT2D eigenvalue weighted by atomic mass is 35.5. The first kappa shape index (κ1) is 25.0. The Morgan fingerprint density at radius 2 is 2.17 bits per heavy atom. The van der Waals surface area contributed by atoms with Crippen LogP contribution in [0.5, 0.6) is 0 Å². The topological polar surface area (TPSA) is 79.6 Å². The number of likely N-dealkylation sites (tertiary alicyclic amines) is 1. The van der Waals surface area contributed by atoms with Crippen LogP contribution in [0, 0.1) is 23.1 Å². The summed E-state index contributed by atoms with van der Waals surface area (Å²) in [7, 11) is 0. The summed E-state index contributed by atoms with van der Waals surface area (Å²) in [6.45, 7) is 3.03. The summed E-state index contributed by atoms with van der Waals surface area (Å²) in [5, 5.41) is 22.0. The second kappa shape index (κ2) is 10.4. The number of anilines is 1. The molecule has 2 aromatic carbocycles. The molecule has 4 atom stereocenters. The number of benzene rings is 2. The molecule has 1 unspecified atom stereocenters. The smallest absolute Gasteiger partial charge is 0.322 e. The van der Waals surface area contributed by atoms with Crippen LogP contribution in [0.3, 0.4) is 0 Å². The standard InChI is InChI=1S/C28H32ClFN4O2/c29-25-15-22(5-6-26(25)30)32-27(36)34(11-2-10-33-12-8-24(35)18-33)23-7-9-28(16-21(28)14-23)20-4-1-3-19(13-20)17-31/h1,3-6,13,15,21,23-24,35H,2,7-12,14,16,18H2,(H,32,36)/t21-,23?,24+,28-/m1/s1. The highest BCUT2D eigenvalue weighted by Crippen LogP contribution is 2.62. The minimum atomic E-state index is -0.517. The number of carbonyl (C=O) groups is 1. The highest BCUT2D eigenvalue weighted by Gasteiger charge is 2.58. The van der Waals surface area contributed by atoms with E-state index < -0.39 is 5.82 Å². The Bertz CT molecular complexity index is 1170. The van der Waals surface area contributed by atoms with Gasteiger partial charge in [0.15, 0.2) is 0 Å². The number of nitrogens with zero attached hydrogens (tertiary/aromatic N) is 3. The Morgan fingerprint density at radius 3 is 2.89 bits per heavy atom. The summed E-state index contributed by atoms with van der Waals surface area (Å²) in [5.41, 5.74) is 2.54. The Balaban J connectivity index is 1.27. The van der Waals surface area contributed by atoms with E-state index in [-0.39, 0.29) is 28.6 Å². The van der Waals surface area contributed by atoms with Crippen LogP contribution in [0.4, 0.5) is 14.9 Å². The first-order chi connectivity index (χ1) is 17.4. The summed E-state index contributed by atoms with van der Waals surface area (Å²) in [4.78, 5) is 17.6. The summed E-state index contributed by atoms with van der Waals surface area (Å²) >= 11 is 5.93. The van der Waals surface area contributed by atoms with E-state index in [0.717, 1.165) is 51.6 Å². The summed E-state index contributed by atoms with van der Waals surface area (Å²) in [5.74, 6) is -0.0216. The number of hydrogen-bond donors (Lipinski definition) is 2. The predicted octanol–water partition coefficient (Wildman–Crippen LogP) is 5.15. The molecule has 0 aromatic heterocycles. The van der Waals surface area contributed by atoms with E-state index in [1.807, 2.05) is 23.1 Å². The van der Waals surface area contributed by atoms with Crippen molar-refractivity contribution in [3.63, 3.8) is 0 Å². The zero-order valence-corrected chi connectivity index (χ0v) is 21.1. The molecule has 0 spiro atoms. The molecule has 0 bridgehead atoms. The van der Waals surface area contributed by atoms with Gasteiger partial charge in [-0.15, -0.1) is 0 Å². The third kappa shape index (κ3) is 5.22. The third-order valence-corrected chi connectivity index (χ3v) is 8.56. The minimum absolute atomic E-state index is 0.0213. The van der Waals surface area contributed by atoms with Gasteiger partial charge in [-0.1, -0.05) is 23.7 Å². The van der Waals surface area contributed by atoms with E-state index in [0.29, 0.717) is 30.3 Å². The van der Waals surface area contributed by atoms with Gasteiger partial charge in [0, 0.05) is 31.4 Å². The third-order valence-electron chi connectivity index (χ3n) is 8.27. The van der Waals surface area contributed by atoms with Gasteiger partial charge in [0.1, 0.15) is 5.82 Å². The van der Waals surface area contributed by atoms with Crippen molar-refractivity contribution in [3.8, 4) is 6.07 Å². The molecule has 2 amide bonds. The number of carbonyl (C=O) groups excluding carboxylic acids is 1. The molecule has 1 aliphatic heterocycles. The second-order valence-electron chi connectivity index (χ2n) is 10.5. The van der Waals surface area contributed by atoms with Gasteiger partial charge in [-0.25, -0.2) is 9.18 Å². The largest absolute Gasteiger partial charge is 0.392 e. The van der Waals surface area contributed by atoms with Crippen LogP contribution in [0.15, 0.2) is 42.5 Å². The Hall–Kier alpha value is -2.66. The van der Waals surface area contributed by atoms with Gasteiger partial charge in [-0.05, 0) is 92.3 Å². The number of nitrogens with one attached hydrogen (secondary N) is 1. The molecule has 2 aliphatic carbocycles. The number of hydrogen-bond acceptors (Lipinski definition) is 4. The predicted molar refractivity (Wildman–Crippen MR) is 137 cm³/mol. The summed E-state index contributed by atoms with van der Waals surface area (Å²) < 4.78 is 13.6. The van der Waals surface area contributed by atoms with E-state index in [9.17, 15) is 19.6 Å². The monoisotopic (exact) mass is 510 g/mol. The lowest BCUT2D eigenvalue weighted by Crippen LogP contribution is -2.46. The average Bonchev–Trinajstić information content (AvgIpc) is 3.48. The number of fused-ring (bicyclic) bond motifs is 1. The van der Waals surface area contributed by atoms with Crippen molar-refractivity contribution in [3.05, 3.63) is 64.4 Å². The van der Waals surface area contributed by atoms with Gasteiger partial charge in [-0.3, -0.25) is 0 Å². The molecular weight excluding hydrogens is 479 g/mol. The van der Waals surface area contributed by atoms with Gasteiger partial charge in [0.25, 0.3) is 0 Å². The average molecular weight is 511 g/mol. The molecule has 5 rings (SSSR count). The highest BCUT2D eigenvalue weighted by molar-refractivity contribution is 6.31. The number of nitriles is 1. The molecule has 36 heavy (non-hydrogen) atoms. The number of halogens is 2. The van der Waals surface area contributed by atoms with Crippen molar-refractivity contribution in [1.29, 1.82) is 5.26 Å². The van der Waals surface area contributed by atoms with Crippen molar-refractivity contribution in [2.24, 2.45) is 5.92 Å².